The Labute approximate surface area is 216 Å². The van der Waals surface area contributed by atoms with E-state index in [1.54, 1.807) is 26.9 Å². The van der Waals surface area contributed by atoms with E-state index in [1.807, 2.05) is 34.6 Å². The van der Waals surface area contributed by atoms with Crippen LogP contribution in [0.1, 0.15) is 60.3 Å². The number of aliphatic hydroxyl groups excluding tert-OH is 1. The van der Waals surface area contributed by atoms with Crippen LogP contribution in [-0.4, -0.2) is 93.6 Å². The molecule has 1 N–H and O–H groups in total. The normalized spacial score (nSPS) is 30.3. The Morgan fingerprint density at radius 1 is 1.19 bits per heavy atom. The number of rotatable bonds is 13. The molecule has 0 aliphatic carbocycles. The van der Waals surface area contributed by atoms with E-state index in [9.17, 15) is 19.5 Å². The Hall–Kier alpha value is -2.19. The van der Waals surface area contributed by atoms with Crippen molar-refractivity contribution >= 4 is 17.7 Å². The molecule has 3 saturated heterocycles. The number of ether oxygens (including phenoxy) is 1. The summed E-state index contributed by atoms with van der Waals surface area (Å²) in [5, 5.41) is 10.4. The van der Waals surface area contributed by atoms with E-state index in [4.69, 9.17) is 4.74 Å². The Morgan fingerprint density at radius 2 is 1.86 bits per heavy atom. The molecular formula is C28H45N3O5. The number of amides is 3. The van der Waals surface area contributed by atoms with Gasteiger partial charge in [0.2, 0.25) is 17.7 Å². The fourth-order valence-corrected chi connectivity index (χ4v) is 6.60. The van der Waals surface area contributed by atoms with Crippen molar-refractivity contribution in [3.05, 3.63) is 25.3 Å². The summed E-state index contributed by atoms with van der Waals surface area (Å²) in [6, 6.07) is -1.53. The molecule has 0 aromatic carbocycles. The van der Waals surface area contributed by atoms with E-state index in [2.05, 4.69) is 13.2 Å². The summed E-state index contributed by atoms with van der Waals surface area (Å²) in [4.78, 5) is 47.4. The van der Waals surface area contributed by atoms with Crippen LogP contribution in [0.25, 0.3) is 0 Å². The highest BCUT2D eigenvalue weighted by Gasteiger charge is 2.75. The summed E-state index contributed by atoms with van der Waals surface area (Å²) in [5.41, 5.74) is -1.07. The number of carbonyl (C=O) groups is 3. The van der Waals surface area contributed by atoms with Crippen LogP contribution >= 0.6 is 0 Å². The minimum Gasteiger partial charge on any atom is -0.394 e. The standard InChI is InChI=1S/C28H45N3O5/c1-8-14-29(15-9-2)25(33)22-21-12-13-28(36-21)23(22)26(34)31(20(17-32)19(7)11-4)24(28)27(35)30(16-10-3)18(5)6/h8,10,18-24,32H,1,3,9,11-17H2,2,4-7H3/t19-,20-,21-,22+,23-,24?,28?/m0/s1. The topological polar surface area (TPSA) is 90.4 Å². The first-order valence-corrected chi connectivity index (χ1v) is 13.6. The minimum atomic E-state index is -1.07. The van der Waals surface area contributed by atoms with Gasteiger partial charge in [0.1, 0.15) is 11.6 Å². The number of hydrogen-bond donors (Lipinski definition) is 1. The van der Waals surface area contributed by atoms with Gasteiger partial charge >= 0.3 is 0 Å². The summed E-state index contributed by atoms with van der Waals surface area (Å²) in [6.45, 7) is 18.6. The molecule has 1 spiro atoms. The number of aliphatic hydroxyl groups is 1. The van der Waals surface area contributed by atoms with Gasteiger partial charge in [-0.2, -0.15) is 0 Å². The summed E-state index contributed by atoms with van der Waals surface area (Å²) in [6.07, 6.45) is 5.69. The van der Waals surface area contributed by atoms with Crippen molar-refractivity contribution in [2.75, 3.05) is 26.2 Å². The van der Waals surface area contributed by atoms with Crippen molar-refractivity contribution < 1.29 is 24.2 Å². The van der Waals surface area contributed by atoms with Crippen molar-refractivity contribution in [2.45, 2.75) is 90.1 Å². The van der Waals surface area contributed by atoms with Crippen LogP contribution in [0.15, 0.2) is 25.3 Å². The predicted molar refractivity (Wildman–Crippen MR) is 139 cm³/mol. The van der Waals surface area contributed by atoms with Crippen molar-refractivity contribution in [3.63, 3.8) is 0 Å². The van der Waals surface area contributed by atoms with Crippen molar-refractivity contribution in [1.82, 2.24) is 14.7 Å². The fraction of sp³-hybridized carbons (Fsp3) is 0.750. The van der Waals surface area contributed by atoms with Gasteiger partial charge in [-0.1, -0.05) is 39.3 Å². The maximum absolute atomic E-state index is 14.3. The maximum atomic E-state index is 14.3. The maximum Gasteiger partial charge on any atom is 0.248 e. The predicted octanol–water partition coefficient (Wildman–Crippen LogP) is 2.62. The molecule has 3 heterocycles. The molecule has 8 heteroatoms. The molecular weight excluding hydrogens is 458 g/mol. The molecule has 2 unspecified atom stereocenters. The molecule has 3 aliphatic rings. The minimum absolute atomic E-state index is 0.0277. The van der Waals surface area contributed by atoms with Gasteiger partial charge in [0.15, 0.2) is 0 Å². The van der Waals surface area contributed by atoms with Crippen LogP contribution in [0.3, 0.4) is 0 Å². The second-order valence-corrected chi connectivity index (χ2v) is 10.9. The second kappa shape index (κ2) is 11.5. The zero-order chi connectivity index (χ0) is 26.8. The lowest BCUT2D eigenvalue weighted by molar-refractivity contribution is -0.154. The van der Waals surface area contributed by atoms with Crippen LogP contribution in [-0.2, 0) is 19.1 Å². The molecule has 0 radical (unpaired) electrons. The van der Waals surface area contributed by atoms with E-state index in [1.165, 1.54) is 0 Å². The fourth-order valence-electron chi connectivity index (χ4n) is 6.60. The number of hydrogen-bond acceptors (Lipinski definition) is 5. The van der Waals surface area contributed by atoms with E-state index in [0.717, 1.165) is 12.8 Å². The number of carbonyl (C=O) groups excluding carboxylic acids is 3. The zero-order valence-corrected chi connectivity index (χ0v) is 22.7. The number of nitrogens with zero attached hydrogens (tertiary/aromatic N) is 3. The molecule has 7 atom stereocenters. The lowest BCUT2D eigenvalue weighted by Gasteiger charge is -2.41. The third-order valence-electron chi connectivity index (χ3n) is 8.49. The smallest absolute Gasteiger partial charge is 0.248 e. The highest BCUT2D eigenvalue weighted by molar-refractivity contribution is 5.99. The molecule has 3 rings (SSSR count). The lowest BCUT2D eigenvalue weighted by Crippen LogP contribution is -2.60. The Balaban J connectivity index is 2.12. The van der Waals surface area contributed by atoms with Crippen LogP contribution in [0.2, 0.25) is 0 Å². The third-order valence-corrected chi connectivity index (χ3v) is 8.49. The van der Waals surface area contributed by atoms with Crippen molar-refractivity contribution in [1.29, 1.82) is 0 Å². The molecule has 0 saturated carbocycles. The lowest BCUT2D eigenvalue weighted by atomic mass is 9.70. The second-order valence-electron chi connectivity index (χ2n) is 10.9. The Kier molecular flexibility index (Phi) is 9.04. The summed E-state index contributed by atoms with van der Waals surface area (Å²) >= 11 is 0. The van der Waals surface area contributed by atoms with Crippen LogP contribution in [0.4, 0.5) is 0 Å². The van der Waals surface area contributed by atoms with Gasteiger partial charge in [0.05, 0.1) is 30.6 Å². The first-order chi connectivity index (χ1) is 17.1. The molecule has 8 nitrogen and oxygen atoms in total. The molecule has 202 valence electrons. The van der Waals surface area contributed by atoms with E-state index < -0.39 is 35.6 Å². The zero-order valence-electron chi connectivity index (χ0n) is 22.7. The molecule has 3 aliphatic heterocycles. The van der Waals surface area contributed by atoms with Gasteiger partial charge in [0, 0.05) is 25.7 Å². The first kappa shape index (κ1) is 28.4. The van der Waals surface area contributed by atoms with Crippen molar-refractivity contribution in [3.8, 4) is 0 Å². The highest BCUT2D eigenvalue weighted by Crippen LogP contribution is 2.59. The van der Waals surface area contributed by atoms with Gasteiger partial charge < -0.3 is 24.5 Å². The first-order valence-electron chi connectivity index (χ1n) is 13.6. The average Bonchev–Trinajstić information content (AvgIpc) is 3.49. The molecule has 3 fully saturated rings. The van der Waals surface area contributed by atoms with Crippen LogP contribution < -0.4 is 0 Å². The summed E-state index contributed by atoms with van der Waals surface area (Å²) < 4.78 is 6.58. The third kappa shape index (κ3) is 4.51. The SMILES string of the molecule is C=CCN(CCC)C(=O)[C@@H]1[C@@H]2CCC3(O2)C(C(=O)N(CC=C)C(C)C)N([C@@H](CO)[C@@H](C)CC)C(=O)[C@H]13. The molecule has 3 amide bonds. The van der Waals surface area contributed by atoms with Gasteiger partial charge in [-0.3, -0.25) is 14.4 Å². The summed E-state index contributed by atoms with van der Waals surface area (Å²) in [5.74, 6) is -1.96. The van der Waals surface area contributed by atoms with Gasteiger partial charge in [0.25, 0.3) is 0 Å². The summed E-state index contributed by atoms with van der Waals surface area (Å²) in [7, 11) is 0. The molecule has 2 bridgehead atoms. The molecule has 0 aromatic rings. The Bertz CT molecular complexity index is 860. The number of fused-ring (bicyclic) bond motifs is 1. The van der Waals surface area contributed by atoms with Gasteiger partial charge in [-0.25, -0.2) is 0 Å². The van der Waals surface area contributed by atoms with Crippen LogP contribution in [0, 0.1) is 17.8 Å². The monoisotopic (exact) mass is 503 g/mol. The molecule has 0 aromatic heterocycles. The average molecular weight is 504 g/mol. The Morgan fingerprint density at radius 3 is 2.39 bits per heavy atom. The highest BCUT2D eigenvalue weighted by atomic mass is 16.5. The molecule has 36 heavy (non-hydrogen) atoms. The van der Waals surface area contributed by atoms with E-state index in [-0.39, 0.29) is 36.3 Å². The quantitative estimate of drug-likeness (QED) is 0.390. The van der Waals surface area contributed by atoms with E-state index >= 15 is 0 Å². The van der Waals surface area contributed by atoms with Gasteiger partial charge in [-0.15, -0.1) is 13.2 Å². The van der Waals surface area contributed by atoms with Gasteiger partial charge in [-0.05, 0) is 39.0 Å². The van der Waals surface area contributed by atoms with Crippen LogP contribution in [0.5, 0.6) is 0 Å². The van der Waals surface area contributed by atoms with Crippen molar-refractivity contribution in [2.24, 2.45) is 17.8 Å². The largest absolute Gasteiger partial charge is 0.394 e. The number of likely N-dealkylation sites (tertiary alicyclic amines) is 1. The van der Waals surface area contributed by atoms with E-state index in [0.29, 0.717) is 32.5 Å².